The number of halogens is 1. The van der Waals surface area contributed by atoms with E-state index in [1.54, 1.807) is 26.1 Å². The van der Waals surface area contributed by atoms with Gasteiger partial charge in [0, 0.05) is 20.6 Å². The lowest BCUT2D eigenvalue weighted by atomic mass is 10.2. The van der Waals surface area contributed by atoms with Crippen molar-refractivity contribution in [1.82, 2.24) is 15.5 Å². The van der Waals surface area contributed by atoms with E-state index in [-0.39, 0.29) is 42.3 Å². The van der Waals surface area contributed by atoms with Gasteiger partial charge in [-0.15, -0.1) is 24.0 Å². The number of rotatable bonds is 11. The summed E-state index contributed by atoms with van der Waals surface area (Å²) in [5, 5.41) is 6.43. The van der Waals surface area contributed by atoms with E-state index in [0.29, 0.717) is 32.3 Å². The Morgan fingerprint density at radius 3 is 2.34 bits per heavy atom. The number of nitrogens with one attached hydrogen (secondary N) is 2. The molecule has 0 aliphatic rings. The Labute approximate surface area is 208 Å². The zero-order valence-corrected chi connectivity index (χ0v) is 21.7. The summed E-state index contributed by atoms with van der Waals surface area (Å²) in [7, 11) is 5.11. The molecular weight excluding hydrogens is 519 g/mol. The lowest BCUT2D eigenvalue weighted by Gasteiger charge is -2.18. The van der Waals surface area contributed by atoms with E-state index < -0.39 is 0 Å². The fraction of sp³-hybridized carbons (Fsp3) is 0.417. The van der Waals surface area contributed by atoms with E-state index in [2.05, 4.69) is 34.7 Å². The van der Waals surface area contributed by atoms with E-state index in [4.69, 9.17) is 9.47 Å². The molecule has 0 saturated carbocycles. The number of methoxy groups -OCH3 is 1. The van der Waals surface area contributed by atoms with Crippen LogP contribution in [0.3, 0.4) is 0 Å². The maximum absolute atomic E-state index is 12.0. The molecule has 0 fully saturated rings. The monoisotopic (exact) mass is 554 g/mol. The van der Waals surface area contributed by atoms with Crippen LogP contribution in [0.15, 0.2) is 59.6 Å². The second-order valence-electron chi connectivity index (χ2n) is 7.64. The maximum Gasteiger partial charge on any atom is 0.241 e. The highest BCUT2D eigenvalue weighted by Gasteiger charge is 2.08. The number of carbonyl (C=O) groups excluding carboxylic acids is 1. The molecule has 7 nitrogen and oxygen atoms in total. The predicted octanol–water partition coefficient (Wildman–Crippen LogP) is 3.29. The lowest BCUT2D eigenvalue weighted by molar-refractivity contribution is -0.127. The van der Waals surface area contributed by atoms with E-state index in [9.17, 15) is 4.79 Å². The van der Waals surface area contributed by atoms with E-state index >= 15 is 0 Å². The van der Waals surface area contributed by atoms with Crippen LogP contribution in [0.2, 0.25) is 0 Å². The van der Waals surface area contributed by atoms with Gasteiger partial charge >= 0.3 is 0 Å². The van der Waals surface area contributed by atoms with Crippen molar-refractivity contribution >= 4 is 35.8 Å². The molecule has 1 atom stereocenters. The van der Waals surface area contributed by atoms with Crippen LogP contribution in [0, 0.1) is 5.92 Å². The first-order chi connectivity index (χ1) is 15.0. The van der Waals surface area contributed by atoms with Crippen molar-refractivity contribution in [3.8, 4) is 5.75 Å². The van der Waals surface area contributed by atoms with Crippen molar-refractivity contribution in [1.29, 1.82) is 0 Å². The SMILES string of the molecule is COc1ccc(CN=C(NCC(=O)N(C)C)NCC(C)COCc2ccccc2)cc1.I. The summed E-state index contributed by atoms with van der Waals surface area (Å²) < 4.78 is 11.0. The Balaban J connectivity index is 0.00000512. The molecule has 0 aliphatic heterocycles. The van der Waals surface area contributed by atoms with Crippen molar-refractivity contribution in [2.75, 3.05) is 40.9 Å². The summed E-state index contributed by atoms with van der Waals surface area (Å²) in [5.41, 5.74) is 2.22. The van der Waals surface area contributed by atoms with Gasteiger partial charge in [-0.1, -0.05) is 49.4 Å². The van der Waals surface area contributed by atoms with E-state index in [1.165, 1.54) is 0 Å². The zero-order chi connectivity index (χ0) is 22.5. The maximum atomic E-state index is 12.0. The van der Waals surface area contributed by atoms with Crippen molar-refractivity contribution in [2.45, 2.75) is 20.1 Å². The summed E-state index contributed by atoms with van der Waals surface area (Å²) in [6.07, 6.45) is 0. The third kappa shape index (κ3) is 10.8. The lowest BCUT2D eigenvalue weighted by Crippen LogP contribution is -2.44. The van der Waals surface area contributed by atoms with Crippen LogP contribution in [0.25, 0.3) is 0 Å². The summed E-state index contributed by atoms with van der Waals surface area (Å²) >= 11 is 0. The standard InChI is InChI=1S/C24H34N4O3.HI/c1-19(17-31-18-21-8-6-5-7-9-21)14-25-24(27-16-23(29)28(2)3)26-15-20-10-12-22(30-4)13-11-20;/h5-13,19H,14-18H2,1-4H3,(H2,25,26,27);1H. The molecule has 2 aromatic rings. The van der Waals surface area contributed by atoms with Gasteiger partial charge in [0.2, 0.25) is 5.91 Å². The van der Waals surface area contributed by atoms with Crippen molar-refractivity contribution < 1.29 is 14.3 Å². The molecule has 1 amide bonds. The zero-order valence-electron chi connectivity index (χ0n) is 19.3. The Morgan fingerprint density at radius 2 is 1.72 bits per heavy atom. The summed E-state index contributed by atoms with van der Waals surface area (Å²) in [4.78, 5) is 18.1. The minimum atomic E-state index is -0.0156. The number of guanidine groups is 1. The van der Waals surface area contributed by atoms with Crippen LogP contribution in [-0.2, 0) is 22.7 Å². The Bertz CT molecular complexity index is 814. The molecule has 0 spiro atoms. The summed E-state index contributed by atoms with van der Waals surface area (Å²) in [6.45, 7) is 4.70. The smallest absolute Gasteiger partial charge is 0.241 e. The third-order valence-electron chi connectivity index (χ3n) is 4.62. The Kier molecular flexibility index (Phi) is 13.4. The molecule has 2 N–H and O–H groups in total. The number of hydrogen-bond acceptors (Lipinski definition) is 4. The van der Waals surface area contributed by atoms with Gasteiger partial charge in [0.15, 0.2) is 5.96 Å². The number of nitrogens with zero attached hydrogens (tertiary/aromatic N) is 2. The normalized spacial score (nSPS) is 11.8. The molecule has 0 radical (unpaired) electrons. The highest BCUT2D eigenvalue weighted by Crippen LogP contribution is 2.11. The summed E-state index contributed by atoms with van der Waals surface area (Å²) in [6, 6.07) is 17.9. The fourth-order valence-electron chi connectivity index (χ4n) is 2.68. The predicted molar refractivity (Wildman–Crippen MR) is 140 cm³/mol. The third-order valence-corrected chi connectivity index (χ3v) is 4.62. The molecule has 1 unspecified atom stereocenters. The second kappa shape index (κ2) is 15.5. The van der Waals surface area contributed by atoms with Gasteiger partial charge in [-0.05, 0) is 29.2 Å². The van der Waals surface area contributed by atoms with Crippen LogP contribution in [-0.4, -0.2) is 57.7 Å². The summed E-state index contributed by atoms with van der Waals surface area (Å²) in [5.74, 6) is 1.67. The molecule has 0 aromatic heterocycles. The first-order valence-corrected chi connectivity index (χ1v) is 10.4. The molecule has 176 valence electrons. The van der Waals surface area contributed by atoms with Crippen LogP contribution >= 0.6 is 24.0 Å². The Morgan fingerprint density at radius 1 is 1.03 bits per heavy atom. The van der Waals surface area contributed by atoms with E-state index in [1.807, 2.05) is 42.5 Å². The molecule has 0 aliphatic carbocycles. The largest absolute Gasteiger partial charge is 0.497 e. The average Bonchev–Trinajstić information content (AvgIpc) is 2.79. The minimum Gasteiger partial charge on any atom is -0.497 e. The van der Waals surface area contributed by atoms with Gasteiger partial charge in [-0.25, -0.2) is 4.99 Å². The topological polar surface area (TPSA) is 75.2 Å². The van der Waals surface area contributed by atoms with Crippen molar-refractivity contribution in [3.05, 3.63) is 65.7 Å². The van der Waals surface area contributed by atoms with Gasteiger partial charge in [0.25, 0.3) is 0 Å². The van der Waals surface area contributed by atoms with E-state index in [0.717, 1.165) is 16.9 Å². The number of benzene rings is 2. The van der Waals surface area contributed by atoms with Crippen LogP contribution in [0.4, 0.5) is 0 Å². The highest BCUT2D eigenvalue weighted by molar-refractivity contribution is 14.0. The average molecular weight is 554 g/mol. The number of carbonyl (C=O) groups is 1. The van der Waals surface area contributed by atoms with Gasteiger partial charge in [0.1, 0.15) is 5.75 Å². The molecule has 0 heterocycles. The molecule has 2 aromatic carbocycles. The van der Waals surface area contributed by atoms with Gasteiger partial charge in [-0.3, -0.25) is 4.79 Å². The van der Waals surface area contributed by atoms with Crippen LogP contribution in [0.1, 0.15) is 18.1 Å². The van der Waals surface area contributed by atoms with Gasteiger partial charge in [0.05, 0.1) is 33.4 Å². The number of aliphatic imine (C=N–C) groups is 1. The number of amides is 1. The molecule has 0 saturated heterocycles. The number of hydrogen-bond donors (Lipinski definition) is 2. The number of ether oxygens (including phenoxy) is 2. The molecule has 0 bridgehead atoms. The second-order valence-corrected chi connectivity index (χ2v) is 7.64. The molecule has 8 heteroatoms. The highest BCUT2D eigenvalue weighted by atomic mass is 127. The molecular formula is C24H35IN4O3. The van der Waals surface area contributed by atoms with Crippen LogP contribution < -0.4 is 15.4 Å². The van der Waals surface area contributed by atoms with Crippen molar-refractivity contribution in [3.63, 3.8) is 0 Å². The van der Waals surface area contributed by atoms with Gasteiger partial charge in [-0.2, -0.15) is 0 Å². The molecule has 2 rings (SSSR count). The van der Waals surface area contributed by atoms with Gasteiger partial charge < -0.3 is 25.0 Å². The van der Waals surface area contributed by atoms with Crippen LogP contribution in [0.5, 0.6) is 5.75 Å². The first-order valence-electron chi connectivity index (χ1n) is 10.4. The minimum absolute atomic E-state index is 0. The quantitative estimate of drug-likeness (QED) is 0.254. The molecule has 32 heavy (non-hydrogen) atoms. The first kappa shape index (κ1) is 27.7. The number of likely N-dealkylation sites (N-methyl/N-ethyl adjacent to an activating group) is 1. The fourth-order valence-corrected chi connectivity index (χ4v) is 2.68. The Hall–Kier alpha value is -2.33. The van der Waals surface area contributed by atoms with Crippen molar-refractivity contribution in [2.24, 2.45) is 10.9 Å².